The topological polar surface area (TPSA) is 50.3 Å². The summed E-state index contributed by atoms with van der Waals surface area (Å²) in [5, 5.41) is 2.92. The Balaban J connectivity index is 1.78. The van der Waals surface area contributed by atoms with E-state index in [0.29, 0.717) is 12.2 Å². The van der Waals surface area contributed by atoms with Gasteiger partial charge in [-0.3, -0.25) is 0 Å². The lowest BCUT2D eigenvalue weighted by molar-refractivity contribution is 0.601. The van der Waals surface area contributed by atoms with Crippen molar-refractivity contribution in [1.29, 1.82) is 0 Å². The van der Waals surface area contributed by atoms with E-state index in [9.17, 15) is 8.42 Å². The number of aryl methyl sites for hydroxylation is 1. The van der Waals surface area contributed by atoms with E-state index in [-0.39, 0.29) is 11.8 Å². The van der Waals surface area contributed by atoms with Gasteiger partial charge in [-0.25, -0.2) is 13.4 Å². The van der Waals surface area contributed by atoms with Crippen molar-refractivity contribution < 1.29 is 8.42 Å². The minimum Gasteiger partial charge on any atom is -0.347 e. The maximum absolute atomic E-state index is 11.6. The minimum absolute atomic E-state index is 0.0477. The van der Waals surface area contributed by atoms with Crippen molar-refractivity contribution in [3.8, 4) is 11.3 Å². The summed E-state index contributed by atoms with van der Waals surface area (Å²) in [6.45, 7) is 2.14. The Labute approximate surface area is 135 Å². The van der Waals surface area contributed by atoms with E-state index in [1.165, 1.54) is 5.56 Å². The number of benzene rings is 1. The third-order valence-corrected chi connectivity index (χ3v) is 6.89. The van der Waals surface area contributed by atoms with Gasteiger partial charge in [0.15, 0.2) is 15.0 Å². The van der Waals surface area contributed by atoms with Crippen LogP contribution >= 0.6 is 11.3 Å². The van der Waals surface area contributed by atoms with Crippen LogP contribution in [0.5, 0.6) is 0 Å². The van der Waals surface area contributed by atoms with Crippen LogP contribution in [-0.4, -0.2) is 38.0 Å². The number of nitrogens with zero attached hydrogens (tertiary/aromatic N) is 2. The van der Waals surface area contributed by atoms with E-state index >= 15 is 0 Å². The fraction of sp³-hybridized carbons (Fsp3) is 0.438. The second-order valence-corrected chi connectivity index (χ2v) is 8.80. The first-order valence-electron chi connectivity index (χ1n) is 7.46. The normalized spacial score (nSPS) is 20.2. The minimum atomic E-state index is -2.87. The zero-order chi connectivity index (χ0) is 15.7. The Bertz CT molecular complexity index is 751. The molecule has 0 N–H and O–H groups in total. The predicted molar refractivity (Wildman–Crippen MR) is 92.4 cm³/mol. The molecule has 1 aliphatic heterocycles. The van der Waals surface area contributed by atoms with Crippen molar-refractivity contribution in [2.45, 2.75) is 25.8 Å². The Morgan fingerprint density at radius 2 is 2.05 bits per heavy atom. The highest BCUT2D eigenvalue weighted by Gasteiger charge is 2.31. The van der Waals surface area contributed by atoms with E-state index < -0.39 is 9.84 Å². The van der Waals surface area contributed by atoms with Gasteiger partial charge in [0.25, 0.3) is 0 Å². The van der Waals surface area contributed by atoms with E-state index in [2.05, 4.69) is 36.2 Å². The molecule has 0 aliphatic carbocycles. The monoisotopic (exact) mass is 336 g/mol. The van der Waals surface area contributed by atoms with Gasteiger partial charge in [-0.15, -0.1) is 11.3 Å². The van der Waals surface area contributed by atoms with Gasteiger partial charge in [0, 0.05) is 24.0 Å². The summed E-state index contributed by atoms with van der Waals surface area (Å²) in [6.07, 6.45) is 1.72. The average Bonchev–Trinajstić information content (AvgIpc) is 3.13. The summed E-state index contributed by atoms with van der Waals surface area (Å²) in [5.41, 5.74) is 3.37. The van der Waals surface area contributed by atoms with Crippen LogP contribution in [-0.2, 0) is 16.3 Å². The third kappa shape index (κ3) is 3.17. The first-order chi connectivity index (χ1) is 10.5. The number of thiazole rings is 1. The lowest BCUT2D eigenvalue weighted by Gasteiger charge is -2.22. The van der Waals surface area contributed by atoms with E-state index in [4.69, 9.17) is 0 Å². The molecule has 1 aliphatic rings. The largest absolute Gasteiger partial charge is 0.347 e. The van der Waals surface area contributed by atoms with Crippen LogP contribution in [0.25, 0.3) is 11.3 Å². The smallest absolute Gasteiger partial charge is 0.185 e. The summed E-state index contributed by atoms with van der Waals surface area (Å²) < 4.78 is 23.2. The molecule has 1 unspecified atom stereocenters. The van der Waals surface area contributed by atoms with Gasteiger partial charge < -0.3 is 4.90 Å². The fourth-order valence-electron chi connectivity index (χ4n) is 2.71. The number of hydrogen-bond acceptors (Lipinski definition) is 5. The summed E-state index contributed by atoms with van der Waals surface area (Å²) in [5.74, 6) is 0.530. The van der Waals surface area contributed by atoms with Crippen molar-refractivity contribution in [3.05, 3.63) is 35.2 Å². The van der Waals surface area contributed by atoms with Crippen LogP contribution in [0.1, 0.15) is 18.9 Å². The quantitative estimate of drug-likeness (QED) is 0.861. The first-order valence-corrected chi connectivity index (χ1v) is 10.2. The number of rotatable bonds is 4. The molecule has 1 aromatic carbocycles. The molecule has 4 nitrogen and oxygen atoms in total. The van der Waals surface area contributed by atoms with Gasteiger partial charge in [0.05, 0.1) is 17.2 Å². The Morgan fingerprint density at radius 1 is 1.32 bits per heavy atom. The molecular formula is C16H20N2O2S2. The molecule has 0 saturated carbocycles. The number of aromatic nitrogens is 1. The van der Waals surface area contributed by atoms with Crippen LogP contribution < -0.4 is 4.90 Å². The second-order valence-electron chi connectivity index (χ2n) is 5.73. The molecule has 6 heteroatoms. The highest BCUT2D eigenvalue weighted by atomic mass is 32.2. The van der Waals surface area contributed by atoms with Crippen molar-refractivity contribution in [1.82, 2.24) is 4.98 Å². The Morgan fingerprint density at radius 3 is 2.64 bits per heavy atom. The van der Waals surface area contributed by atoms with E-state index in [1.807, 2.05) is 17.3 Å². The van der Waals surface area contributed by atoms with Crippen LogP contribution in [0.15, 0.2) is 29.6 Å². The average molecular weight is 336 g/mol. The molecule has 0 radical (unpaired) electrons. The van der Waals surface area contributed by atoms with Crippen LogP contribution in [0.2, 0.25) is 0 Å². The fourth-order valence-corrected chi connectivity index (χ4v) is 5.35. The van der Waals surface area contributed by atoms with Gasteiger partial charge >= 0.3 is 0 Å². The SMILES string of the molecule is CCc1ccc(-c2csc(N(C)C3CCS(=O)(=O)C3)n2)cc1. The molecule has 0 amide bonds. The summed E-state index contributed by atoms with van der Waals surface area (Å²) in [4.78, 5) is 6.69. The van der Waals surface area contributed by atoms with Crippen molar-refractivity contribution in [2.24, 2.45) is 0 Å². The van der Waals surface area contributed by atoms with Crippen molar-refractivity contribution in [3.63, 3.8) is 0 Å². The maximum Gasteiger partial charge on any atom is 0.185 e. The lowest BCUT2D eigenvalue weighted by atomic mass is 10.1. The van der Waals surface area contributed by atoms with Gasteiger partial charge in [0.2, 0.25) is 0 Å². The molecule has 0 spiro atoms. The standard InChI is InChI=1S/C16H20N2O2S2/c1-3-12-4-6-13(7-5-12)15-10-21-16(17-15)18(2)14-8-9-22(19,20)11-14/h4-7,10,14H,3,8-9,11H2,1-2H3. The zero-order valence-electron chi connectivity index (χ0n) is 12.8. The molecule has 1 fully saturated rings. The molecule has 118 valence electrons. The van der Waals surface area contributed by atoms with Gasteiger partial charge in [0.1, 0.15) is 0 Å². The molecular weight excluding hydrogens is 316 g/mol. The molecule has 1 atom stereocenters. The van der Waals surface area contributed by atoms with E-state index in [0.717, 1.165) is 22.8 Å². The Kier molecular flexibility index (Phi) is 4.23. The second kappa shape index (κ2) is 6.01. The van der Waals surface area contributed by atoms with Crippen LogP contribution in [0.4, 0.5) is 5.13 Å². The van der Waals surface area contributed by atoms with Gasteiger partial charge in [-0.2, -0.15) is 0 Å². The maximum atomic E-state index is 11.6. The Hall–Kier alpha value is -1.40. The third-order valence-electron chi connectivity index (χ3n) is 4.21. The number of anilines is 1. The summed E-state index contributed by atoms with van der Waals surface area (Å²) >= 11 is 1.57. The van der Waals surface area contributed by atoms with E-state index in [1.54, 1.807) is 11.3 Å². The molecule has 0 bridgehead atoms. The number of sulfone groups is 1. The van der Waals surface area contributed by atoms with Crippen LogP contribution in [0.3, 0.4) is 0 Å². The highest BCUT2D eigenvalue weighted by Crippen LogP contribution is 2.30. The van der Waals surface area contributed by atoms with Crippen LogP contribution in [0, 0.1) is 0 Å². The van der Waals surface area contributed by atoms with Crippen molar-refractivity contribution in [2.75, 3.05) is 23.5 Å². The molecule has 22 heavy (non-hydrogen) atoms. The van der Waals surface area contributed by atoms with Crippen molar-refractivity contribution >= 4 is 26.3 Å². The summed E-state index contributed by atoms with van der Waals surface area (Å²) in [7, 11) is -0.928. The van der Waals surface area contributed by atoms with Gasteiger partial charge in [-0.1, -0.05) is 31.2 Å². The molecule has 1 aromatic heterocycles. The predicted octanol–water partition coefficient (Wildman–Crippen LogP) is 3.00. The zero-order valence-corrected chi connectivity index (χ0v) is 14.5. The first kappa shape index (κ1) is 15.5. The van der Waals surface area contributed by atoms with Gasteiger partial charge in [-0.05, 0) is 18.4 Å². The molecule has 1 saturated heterocycles. The molecule has 3 rings (SSSR count). The number of hydrogen-bond donors (Lipinski definition) is 0. The summed E-state index contributed by atoms with van der Waals surface area (Å²) in [6, 6.07) is 8.49. The molecule has 2 heterocycles. The highest BCUT2D eigenvalue weighted by molar-refractivity contribution is 7.91. The molecule has 2 aromatic rings. The lowest BCUT2D eigenvalue weighted by Crippen LogP contribution is -2.32.